The van der Waals surface area contributed by atoms with Gasteiger partial charge in [0, 0.05) is 31.1 Å². The predicted molar refractivity (Wildman–Crippen MR) is 198 cm³/mol. The van der Waals surface area contributed by atoms with Gasteiger partial charge < -0.3 is 4.42 Å². The van der Waals surface area contributed by atoms with E-state index in [1.54, 1.807) is 0 Å². The highest BCUT2D eigenvalue weighted by Crippen LogP contribution is 2.46. The fourth-order valence-corrected chi connectivity index (χ4v) is 8.59. The molecule has 0 radical (unpaired) electrons. The third kappa shape index (κ3) is 3.81. The monoisotopic (exact) mass is 602 g/mol. The van der Waals surface area contributed by atoms with Gasteiger partial charge in [0.25, 0.3) is 0 Å². The van der Waals surface area contributed by atoms with Gasteiger partial charge in [0.05, 0.1) is 0 Å². The number of benzene rings is 8. The molecule has 0 aliphatic rings. The van der Waals surface area contributed by atoms with Crippen LogP contribution < -0.4 is 0 Å². The highest BCUT2D eigenvalue weighted by Gasteiger charge is 2.19. The number of furan rings is 1. The third-order valence-electron chi connectivity index (χ3n) is 9.45. The summed E-state index contributed by atoms with van der Waals surface area (Å²) in [6.07, 6.45) is 0. The zero-order valence-electron chi connectivity index (χ0n) is 24.8. The number of thiophene rings is 1. The summed E-state index contributed by atoms with van der Waals surface area (Å²) in [5, 5.41) is 11.1. The lowest BCUT2D eigenvalue weighted by molar-refractivity contribution is 0.633. The van der Waals surface area contributed by atoms with Crippen molar-refractivity contribution < 1.29 is 4.42 Å². The van der Waals surface area contributed by atoms with E-state index in [2.05, 4.69) is 146 Å². The Labute approximate surface area is 269 Å². The molecule has 2 heteroatoms. The minimum atomic E-state index is 0.903. The fraction of sp³-hybridized carbons (Fsp3) is 0. The van der Waals surface area contributed by atoms with Crippen LogP contribution in [0.1, 0.15) is 0 Å². The second-order valence-corrected chi connectivity index (χ2v) is 13.1. The Balaban J connectivity index is 1.16. The van der Waals surface area contributed by atoms with Gasteiger partial charge in [-0.2, -0.15) is 0 Å². The van der Waals surface area contributed by atoms with E-state index in [4.69, 9.17) is 4.42 Å². The molecule has 10 rings (SSSR count). The molecule has 0 saturated carbocycles. The molecule has 0 saturated heterocycles. The van der Waals surface area contributed by atoms with Crippen molar-refractivity contribution in [3.8, 4) is 33.6 Å². The van der Waals surface area contributed by atoms with Gasteiger partial charge in [0.1, 0.15) is 11.3 Å². The highest BCUT2D eigenvalue weighted by atomic mass is 32.1. The molecule has 0 aliphatic heterocycles. The van der Waals surface area contributed by atoms with Crippen LogP contribution in [-0.2, 0) is 0 Å². The number of fused-ring (bicyclic) bond motifs is 7. The lowest BCUT2D eigenvalue weighted by Crippen LogP contribution is -1.90. The molecular formula is C44H26OS. The summed E-state index contributed by atoms with van der Waals surface area (Å²) >= 11 is 1.88. The van der Waals surface area contributed by atoms with Crippen LogP contribution in [0.2, 0.25) is 0 Å². The van der Waals surface area contributed by atoms with Crippen molar-refractivity contribution in [2.24, 2.45) is 0 Å². The van der Waals surface area contributed by atoms with Crippen LogP contribution in [-0.4, -0.2) is 0 Å². The van der Waals surface area contributed by atoms with Crippen molar-refractivity contribution in [2.75, 3.05) is 0 Å². The molecule has 214 valence electrons. The summed E-state index contributed by atoms with van der Waals surface area (Å²) in [5.41, 5.74) is 7.08. The molecule has 0 N–H and O–H groups in total. The topological polar surface area (TPSA) is 13.1 Å². The van der Waals surface area contributed by atoms with Gasteiger partial charge in [-0.1, -0.05) is 127 Å². The molecule has 10 aromatic rings. The van der Waals surface area contributed by atoms with Crippen LogP contribution in [0.3, 0.4) is 0 Å². The van der Waals surface area contributed by atoms with Gasteiger partial charge in [-0.05, 0) is 84.9 Å². The average molecular weight is 603 g/mol. The van der Waals surface area contributed by atoms with Crippen LogP contribution >= 0.6 is 11.3 Å². The second-order valence-electron chi connectivity index (χ2n) is 12.0. The van der Waals surface area contributed by atoms with Crippen molar-refractivity contribution in [3.63, 3.8) is 0 Å². The Bertz CT molecular complexity index is 2720. The van der Waals surface area contributed by atoms with E-state index >= 15 is 0 Å². The summed E-state index contributed by atoms with van der Waals surface area (Å²) < 4.78 is 9.15. The molecular weight excluding hydrogens is 577 g/mol. The Kier molecular flexibility index (Phi) is 5.51. The van der Waals surface area contributed by atoms with Crippen molar-refractivity contribution in [3.05, 3.63) is 158 Å². The van der Waals surface area contributed by atoms with E-state index in [1.165, 1.54) is 74.7 Å². The van der Waals surface area contributed by atoms with E-state index in [0.29, 0.717) is 0 Å². The maximum atomic E-state index is 6.47. The Morgan fingerprint density at radius 2 is 0.978 bits per heavy atom. The standard InChI is InChI=1S/C44H26OS/c1-7-18-39-30(10-1)26-40(45-39)43-36-14-4-2-12-34(36)42(35-13-3-5-15-37(35)43)31-23-21-27-24-29(22-20-28(27)25-31)32-16-9-17-38-33-11-6-8-19-41(33)46-44(32)38/h1-26H. The molecule has 0 spiro atoms. The summed E-state index contributed by atoms with van der Waals surface area (Å²) in [5.74, 6) is 0.903. The summed E-state index contributed by atoms with van der Waals surface area (Å²) in [6.45, 7) is 0. The molecule has 2 aromatic heterocycles. The van der Waals surface area contributed by atoms with Gasteiger partial charge in [-0.3, -0.25) is 0 Å². The minimum Gasteiger partial charge on any atom is -0.456 e. The minimum absolute atomic E-state index is 0.903. The zero-order valence-corrected chi connectivity index (χ0v) is 25.6. The lowest BCUT2D eigenvalue weighted by Gasteiger charge is -2.17. The average Bonchev–Trinajstić information content (AvgIpc) is 3.72. The van der Waals surface area contributed by atoms with Crippen LogP contribution in [0.25, 0.3) is 97.0 Å². The molecule has 0 aliphatic carbocycles. The van der Waals surface area contributed by atoms with E-state index < -0.39 is 0 Å². The van der Waals surface area contributed by atoms with Crippen LogP contribution in [0.4, 0.5) is 0 Å². The van der Waals surface area contributed by atoms with Gasteiger partial charge in [0.15, 0.2) is 0 Å². The lowest BCUT2D eigenvalue weighted by atomic mass is 9.87. The maximum Gasteiger partial charge on any atom is 0.136 e. The third-order valence-corrected chi connectivity index (χ3v) is 10.7. The Hall–Kier alpha value is -5.70. The SMILES string of the molecule is c1ccc2oc(-c3c4ccccc4c(-c4ccc5cc(-c6cccc7c6sc6ccccc67)ccc5c4)c4ccccc34)cc2c1. The van der Waals surface area contributed by atoms with Gasteiger partial charge >= 0.3 is 0 Å². The smallest absolute Gasteiger partial charge is 0.136 e. The second kappa shape index (κ2) is 9.90. The van der Waals surface area contributed by atoms with Crippen molar-refractivity contribution >= 4 is 74.8 Å². The number of hydrogen-bond donors (Lipinski definition) is 0. The molecule has 0 amide bonds. The van der Waals surface area contributed by atoms with Crippen molar-refractivity contribution in [1.29, 1.82) is 0 Å². The largest absolute Gasteiger partial charge is 0.456 e. The first kappa shape index (κ1) is 25.6. The number of rotatable bonds is 3. The van der Waals surface area contributed by atoms with E-state index in [0.717, 1.165) is 22.3 Å². The van der Waals surface area contributed by atoms with Crippen LogP contribution in [0, 0.1) is 0 Å². The molecule has 8 aromatic carbocycles. The Morgan fingerprint density at radius 3 is 1.72 bits per heavy atom. The molecule has 2 heterocycles. The zero-order chi connectivity index (χ0) is 30.2. The first-order valence-electron chi connectivity index (χ1n) is 15.7. The summed E-state index contributed by atoms with van der Waals surface area (Å²) in [6, 6.07) is 57.2. The van der Waals surface area contributed by atoms with Gasteiger partial charge in [-0.25, -0.2) is 0 Å². The summed E-state index contributed by atoms with van der Waals surface area (Å²) in [7, 11) is 0. The van der Waals surface area contributed by atoms with E-state index in [9.17, 15) is 0 Å². The van der Waals surface area contributed by atoms with Crippen LogP contribution in [0.15, 0.2) is 162 Å². The summed E-state index contributed by atoms with van der Waals surface area (Å²) in [4.78, 5) is 0. The number of para-hydroxylation sites is 1. The highest BCUT2D eigenvalue weighted by molar-refractivity contribution is 7.26. The Morgan fingerprint density at radius 1 is 0.391 bits per heavy atom. The molecule has 46 heavy (non-hydrogen) atoms. The van der Waals surface area contributed by atoms with Gasteiger partial charge in [-0.15, -0.1) is 11.3 Å². The van der Waals surface area contributed by atoms with Crippen LogP contribution in [0.5, 0.6) is 0 Å². The molecule has 0 fully saturated rings. The molecule has 0 atom stereocenters. The predicted octanol–water partition coefficient (Wildman–Crippen LogP) is 13.3. The normalized spacial score (nSPS) is 11.9. The van der Waals surface area contributed by atoms with E-state index in [1.807, 2.05) is 23.5 Å². The first-order chi connectivity index (χ1) is 22.8. The molecule has 0 unspecified atom stereocenters. The van der Waals surface area contributed by atoms with Crippen molar-refractivity contribution in [1.82, 2.24) is 0 Å². The maximum absolute atomic E-state index is 6.47. The van der Waals surface area contributed by atoms with Crippen molar-refractivity contribution in [2.45, 2.75) is 0 Å². The van der Waals surface area contributed by atoms with E-state index in [-0.39, 0.29) is 0 Å². The molecule has 0 bridgehead atoms. The first-order valence-corrected chi connectivity index (χ1v) is 16.5. The number of hydrogen-bond acceptors (Lipinski definition) is 2. The fourth-order valence-electron chi connectivity index (χ4n) is 7.35. The molecule has 1 nitrogen and oxygen atoms in total. The van der Waals surface area contributed by atoms with Gasteiger partial charge in [0.2, 0.25) is 0 Å². The quantitative estimate of drug-likeness (QED) is 0.183.